The highest BCUT2D eigenvalue weighted by Crippen LogP contribution is 2.22. The molecular weight excluding hydrogens is 274 g/mol. The predicted molar refractivity (Wildman–Crippen MR) is 89.5 cm³/mol. The Bertz CT molecular complexity index is 603. The van der Waals surface area contributed by atoms with Crippen LogP contribution in [0.1, 0.15) is 32.3 Å². The number of hydrogen-bond donors (Lipinski definition) is 1. The molecule has 2 heterocycles. The van der Waals surface area contributed by atoms with Crippen LogP contribution in [0.2, 0.25) is 0 Å². The molecule has 5 heteroatoms. The van der Waals surface area contributed by atoms with Crippen LogP contribution in [0.4, 0.5) is 17.5 Å². The second-order valence-corrected chi connectivity index (χ2v) is 5.98. The van der Waals surface area contributed by atoms with Crippen LogP contribution in [-0.2, 0) is 6.42 Å². The normalized spacial score (nSPS) is 15.8. The number of rotatable bonds is 4. The maximum atomic E-state index is 4.60. The maximum absolute atomic E-state index is 4.60. The monoisotopic (exact) mass is 297 g/mol. The summed E-state index contributed by atoms with van der Waals surface area (Å²) in [6.07, 6.45) is 5.22. The molecule has 0 unspecified atom stereocenters. The van der Waals surface area contributed by atoms with E-state index in [-0.39, 0.29) is 0 Å². The highest BCUT2D eigenvalue weighted by Gasteiger charge is 2.17. The summed E-state index contributed by atoms with van der Waals surface area (Å²) in [6, 6.07) is 8.34. The van der Waals surface area contributed by atoms with Gasteiger partial charge >= 0.3 is 0 Å². The number of piperidine rings is 1. The van der Waals surface area contributed by atoms with Crippen LogP contribution >= 0.6 is 0 Å². The Hall–Kier alpha value is -2.17. The van der Waals surface area contributed by atoms with Crippen LogP contribution in [0.25, 0.3) is 0 Å². The van der Waals surface area contributed by atoms with Crippen molar-refractivity contribution in [2.45, 2.75) is 33.1 Å². The van der Waals surface area contributed by atoms with Gasteiger partial charge in [0, 0.05) is 18.8 Å². The second kappa shape index (κ2) is 6.73. The molecule has 0 aliphatic carbocycles. The Kier molecular flexibility index (Phi) is 4.51. The molecule has 1 aromatic carbocycles. The molecule has 5 nitrogen and oxygen atoms in total. The Balaban J connectivity index is 1.70. The number of nitrogens with one attached hydrogen (secondary N) is 1. The molecule has 1 N–H and O–H groups in total. The molecule has 1 aromatic heterocycles. The van der Waals surface area contributed by atoms with E-state index < -0.39 is 0 Å². The zero-order valence-corrected chi connectivity index (χ0v) is 13.3. The fourth-order valence-electron chi connectivity index (χ4n) is 2.69. The van der Waals surface area contributed by atoms with Gasteiger partial charge in [-0.15, -0.1) is 5.10 Å². The van der Waals surface area contributed by atoms with Crippen LogP contribution in [0, 0.1) is 5.92 Å². The minimum atomic E-state index is 0.556. The molecule has 0 spiro atoms. The summed E-state index contributed by atoms with van der Waals surface area (Å²) in [6.45, 7) is 6.55. The van der Waals surface area contributed by atoms with Crippen molar-refractivity contribution >= 4 is 17.5 Å². The quantitative estimate of drug-likeness (QED) is 0.937. The smallest absolute Gasteiger partial charge is 0.249 e. The van der Waals surface area contributed by atoms with Crippen LogP contribution in [0.15, 0.2) is 30.5 Å². The molecule has 0 bridgehead atoms. The molecule has 1 fully saturated rings. The Morgan fingerprint density at radius 1 is 1.18 bits per heavy atom. The average Bonchev–Trinajstić information content (AvgIpc) is 2.56. The first-order chi connectivity index (χ1) is 10.7. The van der Waals surface area contributed by atoms with Crippen LogP contribution in [0.3, 0.4) is 0 Å². The molecule has 0 radical (unpaired) electrons. The van der Waals surface area contributed by atoms with Gasteiger partial charge in [-0.1, -0.05) is 26.0 Å². The summed E-state index contributed by atoms with van der Waals surface area (Å²) < 4.78 is 0. The van der Waals surface area contributed by atoms with Gasteiger partial charge in [-0.2, -0.15) is 10.1 Å². The molecule has 1 aliphatic rings. The van der Waals surface area contributed by atoms with Gasteiger partial charge in [-0.25, -0.2) is 0 Å². The fraction of sp³-hybridized carbons (Fsp3) is 0.471. The second-order valence-electron chi connectivity index (χ2n) is 5.98. The van der Waals surface area contributed by atoms with Gasteiger partial charge in [0.15, 0.2) is 5.82 Å². The molecule has 1 aliphatic heterocycles. The van der Waals surface area contributed by atoms with E-state index >= 15 is 0 Å². The van der Waals surface area contributed by atoms with Gasteiger partial charge < -0.3 is 10.2 Å². The largest absolute Gasteiger partial charge is 0.355 e. The molecule has 0 saturated carbocycles. The van der Waals surface area contributed by atoms with Crippen molar-refractivity contribution in [3.8, 4) is 0 Å². The number of aromatic nitrogens is 3. The van der Waals surface area contributed by atoms with Crippen LogP contribution in [0.5, 0.6) is 0 Å². The van der Waals surface area contributed by atoms with Crippen molar-refractivity contribution in [1.29, 1.82) is 0 Å². The van der Waals surface area contributed by atoms with Crippen LogP contribution in [-0.4, -0.2) is 28.3 Å². The van der Waals surface area contributed by atoms with E-state index in [0.717, 1.165) is 36.9 Å². The summed E-state index contributed by atoms with van der Waals surface area (Å²) in [7, 11) is 0. The highest BCUT2D eigenvalue weighted by atomic mass is 15.3. The number of anilines is 3. The zero-order valence-electron chi connectivity index (χ0n) is 13.3. The Labute approximate surface area is 131 Å². The summed E-state index contributed by atoms with van der Waals surface area (Å²) >= 11 is 0. The number of nitrogens with zero attached hydrogens (tertiary/aromatic N) is 4. The van der Waals surface area contributed by atoms with Gasteiger partial charge in [-0.05, 0) is 42.9 Å². The minimum absolute atomic E-state index is 0.556. The average molecular weight is 297 g/mol. The van der Waals surface area contributed by atoms with Gasteiger partial charge in [0.05, 0.1) is 6.20 Å². The zero-order chi connectivity index (χ0) is 15.4. The summed E-state index contributed by atoms with van der Waals surface area (Å²) in [5.74, 6) is 2.27. The predicted octanol–water partition coefficient (Wildman–Crippen LogP) is 3.41. The first kappa shape index (κ1) is 14.8. The van der Waals surface area contributed by atoms with Gasteiger partial charge in [-0.3, -0.25) is 0 Å². The molecule has 1 saturated heterocycles. The minimum Gasteiger partial charge on any atom is -0.355 e. The molecule has 2 aromatic rings. The first-order valence-electron chi connectivity index (χ1n) is 8.05. The Morgan fingerprint density at radius 2 is 1.91 bits per heavy atom. The lowest BCUT2D eigenvalue weighted by molar-refractivity contribution is 0.436. The van der Waals surface area contributed by atoms with E-state index in [4.69, 9.17) is 0 Å². The number of hydrogen-bond acceptors (Lipinski definition) is 5. The van der Waals surface area contributed by atoms with E-state index in [2.05, 4.69) is 63.5 Å². The maximum Gasteiger partial charge on any atom is 0.249 e. The van der Waals surface area contributed by atoms with Gasteiger partial charge in [0.25, 0.3) is 0 Å². The fourth-order valence-corrected chi connectivity index (χ4v) is 2.69. The van der Waals surface area contributed by atoms with Crippen molar-refractivity contribution in [3.63, 3.8) is 0 Å². The SMILES string of the molecule is CCc1ccc(Nc2nncc(N3CCC(C)CC3)n2)cc1. The molecule has 0 amide bonds. The first-order valence-corrected chi connectivity index (χ1v) is 8.05. The summed E-state index contributed by atoms with van der Waals surface area (Å²) in [5.41, 5.74) is 2.31. The lowest BCUT2D eigenvalue weighted by Crippen LogP contribution is -2.33. The molecule has 3 rings (SSSR count). The Morgan fingerprint density at radius 3 is 2.59 bits per heavy atom. The third kappa shape index (κ3) is 3.53. The van der Waals surface area contributed by atoms with E-state index in [1.807, 2.05) is 0 Å². The summed E-state index contributed by atoms with van der Waals surface area (Å²) in [4.78, 5) is 6.89. The third-order valence-corrected chi connectivity index (χ3v) is 4.27. The summed E-state index contributed by atoms with van der Waals surface area (Å²) in [5, 5.41) is 11.4. The topological polar surface area (TPSA) is 53.9 Å². The number of aryl methyl sites for hydroxylation is 1. The van der Waals surface area contributed by atoms with E-state index in [1.54, 1.807) is 6.20 Å². The van der Waals surface area contributed by atoms with Crippen molar-refractivity contribution < 1.29 is 0 Å². The van der Waals surface area contributed by atoms with Gasteiger partial charge in [0.2, 0.25) is 5.95 Å². The number of benzene rings is 1. The standard InChI is InChI=1S/C17H23N5/c1-3-14-4-6-15(7-5-14)19-17-20-16(12-18-21-17)22-10-8-13(2)9-11-22/h4-7,12-13H,3,8-11H2,1-2H3,(H,19,20,21). The van der Waals surface area contributed by atoms with E-state index in [1.165, 1.54) is 18.4 Å². The lowest BCUT2D eigenvalue weighted by Gasteiger charge is -2.30. The molecular formula is C17H23N5. The van der Waals surface area contributed by atoms with Gasteiger partial charge in [0.1, 0.15) is 0 Å². The van der Waals surface area contributed by atoms with Crippen LogP contribution < -0.4 is 10.2 Å². The molecule has 116 valence electrons. The van der Waals surface area contributed by atoms with Crippen molar-refractivity contribution in [2.24, 2.45) is 5.92 Å². The molecule has 22 heavy (non-hydrogen) atoms. The van der Waals surface area contributed by atoms with Crippen molar-refractivity contribution in [1.82, 2.24) is 15.2 Å². The van der Waals surface area contributed by atoms with E-state index in [0.29, 0.717) is 5.95 Å². The van der Waals surface area contributed by atoms with E-state index in [9.17, 15) is 0 Å². The molecule has 0 atom stereocenters. The third-order valence-electron chi connectivity index (χ3n) is 4.27. The van der Waals surface area contributed by atoms with Crippen molar-refractivity contribution in [2.75, 3.05) is 23.3 Å². The highest BCUT2D eigenvalue weighted by molar-refractivity contribution is 5.54. The van der Waals surface area contributed by atoms with Crippen molar-refractivity contribution in [3.05, 3.63) is 36.0 Å². The lowest BCUT2D eigenvalue weighted by atomic mass is 9.99.